The minimum atomic E-state index is -0.774. The second-order valence-electron chi connectivity index (χ2n) is 5.75. The minimum absolute atomic E-state index is 0.105. The fourth-order valence-corrected chi connectivity index (χ4v) is 4.25. The Morgan fingerprint density at radius 3 is 2.86 bits per heavy atom. The van der Waals surface area contributed by atoms with Crippen LogP contribution >= 0.6 is 0 Å². The molecule has 6 nitrogen and oxygen atoms in total. The van der Waals surface area contributed by atoms with Gasteiger partial charge in [-0.05, 0) is 25.7 Å². The molecule has 2 amide bonds. The highest BCUT2D eigenvalue weighted by Gasteiger charge is 2.26. The molecule has 0 aliphatic heterocycles. The normalized spacial score (nSPS) is 23.0. The highest BCUT2D eigenvalue weighted by atomic mass is 32.2. The molecule has 1 fully saturated rings. The van der Waals surface area contributed by atoms with E-state index in [4.69, 9.17) is 0 Å². The van der Waals surface area contributed by atoms with Gasteiger partial charge in [-0.25, -0.2) is 4.79 Å². The van der Waals surface area contributed by atoms with Crippen molar-refractivity contribution in [1.82, 2.24) is 15.1 Å². The minimum Gasteiger partial charge on any atom is -0.335 e. The van der Waals surface area contributed by atoms with Crippen molar-refractivity contribution in [3.05, 3.63) is 11.8 Å². The second kappa shape index (κ2) is 7.76. The molecule has 0 aromatic carbocycles. The Morgan fingerprint density at radius 2 is 2.23 bits per heavy atom. The number of carbonyl (C=O) groups is 1. The molecule has 0 saturated heterocycles. The summed E-state index contributed by atoms with van der Waals surface area (Å²) in [7, 11) is 1.04. The Bertz CT molecular complexity index is 544. The van der Waals surface area contributed by atoms with Gasteiger partial charge in [0.05, 0.1) is 5.69 Å². The number of carbonyl (C=O) groups excluding carboxylic acids is 1. The summed E-state index contributed by atoms with van der Waals surface area (Å²) in [4.78, 5) is 12.1. The number of nitrogens with zero attached hydrogens (tertiary/aromatic N) is 2. The number of hydrogen-bond donors (Lipinski definition) is 2. The SMILES string of the molecule is CCc1cc(NC(=O)N[C@@H]2CCC[C@@H]([S@@](=O)CC)C2)n(C)n1. The second-order valence-corrected chi connectivity index (χ2v) is 7.76. The molecule has 0 radical (unpaired) electrons. The average molecular weight is 326 g/mol. The maximum atomic E-state index is 12.1. The summed E-state index contributed by atoms with van der Waals surface area (Å²) in [6.07, 6.45) is 4.62. The first-order valence-corrected chi connectivity index (χ1v) is 9.39. The van der Waals surface area contributed by atoms with Gasteiger partial charge in [-0.1, -0.05) is 20.3 Å². The zero-order valence-electron chi connectivity index (χ0n) is 13.6. The molecule has 2 N–H and O–H groups in total. The molecule has 0 bridgehead atoms. The molecule has 22 heavy (non-hydrogen) atoms. The van der Waals surface area contributed by atoms with Crippen LogP contribution in [0.1, 0.15) is 45.2 Å². The van der Waals surface area contributed by atoms with Crippen LogP contribution in [0, 0.1) is 0 Å². The lowest BCUT2D eigenvalue weighted by atomic mass is 9.95. The zero-order chi connectivity index (χ0) is 16.1. The standard InChI is InChI=1S/C15H26N4O2S/c1-4-11-10-14(19(3)18-11)17-15(20)16-12-7-6-8-13(9-12)22(21)5-2/h10,12-13H,4-9H2,1-3H3,(H2,16,17,20)/t12-,13-,22+/m1/s1. The third-order valence-electron chi connectivity index (χ3n) is 4.15. The van der Waals surface area contributed by atoms with Crippen LogP contribution < -0.4 is 10.6 Å². The van der Waals surface area contributed by atoms with Crippen molar-refractivity contribution in [3.8, 4) is 0 Å². The molecular formula is C15H26N4O2S. The monoisotopic (exact) mass is 326 g/mol. The molecule has 1 aliphatic carbocycles. The zero-order valence-corrected chi connectivity index (χ0v) is 14.4. The molecule has 124 valence electrons. The lowest BCUT2D eigenvalue weighted by molar-refractivity contribution is 0.244. The van der Waals surface area contributed by atoms with Crippen LogP contribution in [-0.4, -0.2) is 37.1 Å². The first-order chi connectivity index (χ1) is 10.5. The van der Waals surface area contributed by atoms with Gasteiger partial charge in [0.1, 0.15) is 5.82 Å². The van der Waals surface area contributed by atoms with Gasteiger partial charge >= 0.3 is 6.03 Å². The van der Waals surface area contributed by atoms with E-state index in [0.717, 1.165) is 37.8 Å². The first kappa shape index (κ1) is 17.0. The molecule has 0 spiro atoms. The van der Waals surface area contributed by atoms with Crippen molar-refractivity contribution in [2.24, 2.45) is 7.05 Å². The van der Waals surface area contributed by atoms with Crippen LogP contribution in [0.25, 0.3) is 0 Å². The fourth-order valence-electron chi connectivity index (χ4n) is 2.90. The molecule has 2 rings (SSSR count). The Balaban J connectivity index is 1.88. The summed E-state index contributed by atoms with van der Waals surface area (Å²) in [6.45, 7) is 3.98. The Morgan fingerprint density at radius 1 is 1.45 bits per heavy atom. The summed E-state index contributed by atoms with van der Waals surface area (Å²) >= 11 is 0. The summed E-state index contributed by atoms with van der Waals surface area (Å²) in [6, 6.07) is 1.78. The van der Waals surface area contributed by atoms with Gasteiger partial charge in [0, 0.05) is 41.0 Å². The van der Waals surface area contributed by atoms with Gasteiger partial charge in [-0.3, -0.25) is 14.2 Å². The molecule has 1 aliphatic rings. The van der Waals surface area contributed by atoms with Crippen molar-refractivity contribution in [3.63, 3.8) is 0 Å². The number of urea groups is 1. The van der Waals surface area contributed by atoms with Crippen molar-refractivity contribution >= 4 is 22.6 Å². The third kappa shape index (κ3) is 4.32. The summed E-state index contributed by atoms with van der Waals surface area (Å²) in [5.41, 5.74) is 0.953. The molecule has 1 heterocycles. The van der Waals surface area contributed by atoms with Crippen LogP contribution in [0.4, 0.5) is 10.6 Å². The number of nitrogens with one attached hydrogen (secondary N) is 2. The van der Waals surface area contributed by atoms with Crippen molar-refractivity contribution < 1.29 is 9.00 Å². The predicted molar refractivity (Wildman–Crippen MR) is 89.5 cm³/mol. The van der Waals surface area contributed by atoms with Gasteiger partial charge in [0.25, 0.3) is 0 Å². The van der Waals surface area contributed by atoms with Gasteiger partial charge in [0.15, 0.2) is 0 Å². The van der Waals surface area contributed by atoms with E-state index in [0.29, 0.717) is 11.6 Å². The number of aryl methyl sites for hydroxylation is 2. The number of rotatable bonds is 5. The molecule has 1 saturated carbocycles. The maximum absolute atomic E-state index is 12.1. The maximum Gasteiger partial charge on any atom is 0.320 e. The van der Waals surface area contributed by atoms with Gasteiger partial charge in [-0.2, -0.15) is 5.10 Å². The van der Waals surface area contributed by atoms with E-state index in [1.54, 1.807) is 4.68 Å². The third-order valence-corrected chi connectivity index (χ3v) is 5.89. The number of hydrogen-bond acceptors (Lipinski definition) is 3. The summed E-state index contributed by atoms with van der Waals surface area (Å²) in [5.74, 6) is 1.39. The molecule has 0 unspecified atom stereocenters. The van der Waals surface area contributed by atoms with Gasteiger partial charge < -0.3 is 5.32 Å². The molecule has 1 aromatic rings. The fraction of sp³-hybridized carbons (Fsp3) is 0.733. The van der Waals surface area contributed by atoms with E-state index < -0.39 is 10.8 Å². The van der Waals surface area contributed by atoms with E-state index in [-0.39, 0.29) is 17.3 Å². The largest absolute Gasteiger partial charge is 0.335 e. The smallest absolute Gasteiger partial charge is 0.320 e. The van der Waals surface area contributed by atoms with Crippen molar-refractivity contribution in [2.75, 3.05) is 11.1 Å². The Labute approximate surface area is 134 Å². The number of aromatic nitrogens is 2. The van der Waals surface area contributed by atoms with Gasteiger partial charge in [-0.15, -0.1) is 0 Å². The van der Waals surface area contributed by atoms with E-state index in [1.807, 2.05) is 27.0 Å². The average Bonchev–Trinajstić information content (AvgIpc) is 2.86. The first-order valence-electron chi connectivity index (χ1n) is 8.01. The lowest BCUT2D eigenvalue weighted by Gasteiger charge is -2.29. The molecule has 1 aromatic heterocycles. The van der Waals surface area contributed by atoms with E-state index in [9.17, 15) is 9.00 Å². The highest BCUT2D eigenvalue weighted by Crippen LogP contribution is 2.23. The van der Waals surface area contributed by atoms with Gasteiger partial charge in [0.2, 0.25) is 0 Å². The van der Waals surface area contributed by atoms with Crippen LogP contribution in [0.3, 0.4) is 0 Å². The van der Waals surface area contributed by atoms with Crippen LogP contribution in [0.5, 0.6) is 0 Å². The predicted octanol–water partition coefficient (Wildman–Crippen LogP) is 2.18. The lowest BCUT2D eigenvalue weighted by Crippen LogP contribution is -2.43. The van der Waals surface area contributed by atoms with Crippen molar-refractivity contribution in [2.45, 2.75) is 57.2 Å². The quantitative estimate of drug-likeness (QED) is 0.871. The van der Waals surface area contributed by atoms with Crippen LogP contribution in [0.15, 0.2) is 6.07 Å². The highest BCUT2D eigenvalue weighted by molar-refractivity contribution is 7.85. The van der Waals surface area contributed by atoms with Crippen molar-refractivity contribution in [1.29, 1.82) is 0 Å². The number of anilines is 1. The Hall–Kier alpha value is -1.37. The number of amides is 2. The Kier molecular flexibility index (Phi) is 5.99. The summed E-state index contributed by atoms with van der Waals surface area (Å²) in [5, 5.41) is 10.4. The molecular weight excluding hydrogens is 300 g/mol. The van der Waals surface area contributed by atoms with Crippen LogP contribution in [0.2, 0.25) is 0 Å². The molecule has 3 atom stereocenters. The van der Waals surface area contributed by atoms with Crippen LogP contribution in [-0.2, 0) is 24.3 Å². The van der Waals surface area contributed by atoms with E-state index in [1.165, 1.54) is 0 Å². The van der Waals surface area contributed by atoms with E-state index >= 15 is 0 Å². The summed E-state index contributed by atoms with van der Waals surface area (Å²) < 4.78 is 13.6. The van der Waals surface area contributed by atoms with E-state index in [2.05, 4.69) is 15.7 Å². The topological polar surface area (TPSA) is 76.0 Å². The molecule has 7 heteroatoms.